The van der Waals surface area contributed by atoms with Gasteiger partial charge in [0.05, 0.1) is 11.3 Å². The third-order valence-corrected chi connectivity index (χ3v) is 5.72. The second-order valence-corrected chi connectivity index (χ2v) is 7.96. The van der Waals surface area contributed by atoms with E-state index < -0.39 is 0 Å². The Kier molecular flexibility index (Phi) is 4.33. The highest BCUT2D eigenvalue weighted by atomic mass is 79.9. The molecule has 0 unspecified atom stereocenters. The lowest BCUT2D eigenvalue weighted by Crippen LogP contribution is -2.35. The maximum absolute atomic E-state index is 12.7. The van der Waals surface area contributed by atoms with E-state index in [1.54, 1.807) is 12.4 Å². The summed E-state index contributed by atoms with van der Waals surface area (Å²) in [5.74, 6) is 0.613. The molecule has 0 fully saturated rings. The van der Waals surface area contributed by atoms with Gasteiger partial charge in [-0.15, -0.1) is 0 Å². The van der Waals surface area contributed by atoms with Gasteiger partial charge in [0.25, 0.3) is 5.56 Å². The van der Waals surface area contributed by atoms with Crippen LogP contribution in [0, 0.1) is 0 Å². The smallest absolute Gasteiger partial charge is 0.255 e. The number of fused-ring (bicyclic) bond motifs is 2. The largest absolute Gasteiger partial charge is 0.361 e. The summed E-state index contributed by atoms with van der Waals surface area (Å²) in [5, 5.41) is 1.22. The molecule has 0 saturated heterocycles. The third kappa shape index (κ3) is 3.16. The summed E-state index contributed by atoms with van der Waals surface area (Å²) in [6.45, 7) is 2.28. The van der Waals surface area contributed by atoms with E-state index in [4.69, 9.17) is 4.98 Å². The zero-order chi connectivity index (χ0) is 19.1. The Morgan fingerprint density at radius 1 is 1.18 bits per heavy atom. The van der Waals surface area contributed by atoms with Crippen LogP contribution in [-0.2, 0) is 19.5 Å². The first kappa shape index (κ1) is 17.3. The average molecular weight is 436 g/mol. The van der Waals surface area contributed by atoms with Gasteiger partial charge >= 0.3 is 0 Å². The van der Waals surface area contributed by atoms with Crippen molar-refractivity contribution in [2.24, 2.45) is 0 Å². The van der Waals surface area contributed by atoms with Crippen LogP contribution in [0.3, 0.4) is 0 Å². The number of nitrogens with one attached hydrogen (secondary N) is 2. The minimum atomic E-state index is -0.0515. The van der Waals surface area contributed by atoms with Gasteiger partial charge in [0.1, 0.15) is 5.82 Å². The Bertz CT molecular complexity index is 1210. The third-order valence-electron chi connectivity index (χ3n) is 5.22. The molecule has 140 valence electrons. The number of aromatic amines is 2. The number of benzene rings is 1. The summed E-state index contributed by atoms with van der Waals surface area (Å²) in [5.41, 5.74) is 4.85. The van der Waals surface area contributed by atoms with E-state index in [1.165, 1.54) is 10.9 Å². The molecule has 1 aromatic carbocycles. The zero-order valence-electron chi connectivity index (χ0n) is 15.1. The molecule has 6 nitrogen and oxygen atoms in total. The maximum Gasteiger partial charge on any atom is 0.255 e. The van der Waals surface area contributed by atoms with Gasteiger partial charge in [0.15, 0.2) is 0 Å². The van der Waals surface area contributed by atoms with E-state index in [2.05, 4.69) is 60.2 Å². The number of H-pyrrole nitrogens is 2. The Morgan fingerprint density at radius 3 is 2.89 bits per heavy atom. The standard InChI is InChI=1S/C21H18BrN5O/c22-15-1-2-16-14(10-24-19(16)9-15)11-27-8-5-18-17(12-27)21(28)26-20(25-18)13-3-6-23-7-4-13/h1-4,6-7,9-10,24H,5,8,11-12H2,(H,25,26,28). The molecule has 0 amide bonds. The fraction of sp³-hybridized carbons (Fsp3) is 0.190. The van der Waals surface area contributed by atoms with Crippen LogP contribution < -0.4 is 5.56 Å². The van der Waals surface area contributed by atoms with E-state index in [1.807, 2.05) is 12.1 Å². The monoisotopic (exact) mass is 435 g/mol. The Balaban J connectivity index is 1.41. The van der Waals surface area contributed by atoms with Crippen molar-refractivity contribution in [2.75, 3.05) is 6.54 Å². The fourth-order valence-electron chi connectivity index (χ4n) is 3.79. The lowest BCUT2D eigenvalue weighted by atomic mass is 10.1. The van der Waals surface area contributed by atoms with Crippen molar-refractivity contribution in [1.82, 2.24) is 24.8 Å². The quantitative estimate of drug-likeness (QED) is 0.514. The van der Waals surface area contributed by atoms with Crippen LogP contribution in [0.4, 0.5) is 0 Å². The minimum Gasteiger partial charge on any atom is -0.361 e. The van der Waals surface area contributed by atoms with Gasteiger partial charge in [-0.1, -0.05) is 22.0 Å². The van der Waals surface area contributed by atoms with Gasteiger partial charge in [-0.2, -0.15) is 0 Å². The van der Waals surface area contributed by atoms with Gasteiger partial charge in [0.2, 0.25) is 0 Å². The molecule has 1 aliphatic heterocycles. The van der Waals surface area contributed by atoms with Crippen LogP contribution >= 0.6 is 15.9 Å². The van der Waals surface area contributed by atoms with Crippen molar-refractivity contribution in [1.29, 1.82) is 0 Å². The van der Waals surface area contributed by atoms with Crippen molar-refractivity contribution in [2.45, 2.75) is 19.5 Å². The number of nitrogens with zero attached hydrogens (tertiary/aromatic N) is 3. The van der Waals surface area contributed by atoms with E-state index in [0.717, 1.165) is 46.3 Å². The zero-order valence-corrected chi connectivity index (χ0v) is 16.7. The van der Waals surface area contributed by atoms with Crippen LogP contribution in [0.15, 0.2) is 58.2 Å². The summed E-state index contributed by atoms with van der Waals surface area (Å²) < 4.78 is 1.06. The molecule has 0 spiro atoms. The minimum absolute atomic E-state index is 0.0515. The van der Waals surface area contributed by atoms with Crippen LogP contribution in [0.2, 0.25) is 0 Å². The second-order valence-electron chi connectivity index (χ2n) is 7.04. The molecule has 3 aromatic heterocycles. The van der Waals surface area contributed by atoms with Crippen molar-refractivity contribution in [3.63, 3.8) is 0 Å². The van der Waals surface area contributed by atoms with Crippen LogP contribution in [0.1, 0.15) is 16.8 Å². The van der Waals surface area contributed by atoms with Crippen LogP contribution in [0.5, 0.6) is 0 Å². The van der Waals surface area contributed by atoms with E-state index in [9.17, 15) is 4.79 Å². The summed E-state index contributed by atoms with van der Waals surface area (Å²) in [6.07, 6.45) is 6.24. The lowest BCUT2D eigenvalue weighted by molar-refractivity contribution is 0.242. The maximum atomic E-state index is 12.7. The first-order chi connectivity index (χ1) is 13.7. The molecule has 4 aromatic rings. The number of aromatic nitrogens is 4. The Hall–Kier alpha value is -2.77. The number of pyridine rings is 1. The predicted molar refractivity (Wildman–Crippen MR) is 112 cm³/mol. The Morgan fingerprint density at radius 2 is 2.04 bits per heavy atom. The topological polar surface area (TPSA) is 77.7 Å². The molecule has 0 saturated carbocycles. The first-order valence-electron chi connectivity index (χ1n) is 9.18. The normalized spacial score (nSPS) is 14.3. The molecule has 28 heavy (non-hydrogen) atoms. The van der Waals surface area contributed by atoms with Gasteiger partial charge in [-0.25, -0.2) is 4.98 Å². The predicted octanol–water partition coefficient (Wildman–Crippen LogP) is 3.63. The van der Waals surface area contributed by atoms with Gasteiger partial charge < -0.3 is 9.97 Å². The summed E-state index contributed by atoms with van der Waals surface area (Å²) in [7, 11) is 0. The SMILES string of the molecule is O=c1[nH]c(-c2ccncc2)nc2c1CN(Cc1c[nH]c3cc(Br)ccc13)CC2. The van der Waals surface area contributed by atoms with Crippen LogP contribution in [0.25, 0.3) is 22.3 Å². The molecule has 2 N–H and O–H groups in total. The van der Waals surface area contributed by atoms with Crippen molar-refractivity contribution in [3.8, 4) is 11.4 Å². The number of halogens is 1. The molecule has 1 aliphatic rings. The lowest BCUT2D eigenvalue weighted by Gasteiger charge is -2.27. The first-order valence-corrected chi connectivity index (χ1v) is 9.97. The molecule has 0 radical (unpaired) electrons. The van der Waals surface area contributed by atoms with Crippen LogP contribution in [-0.4, -0.2) is 31.4 Å². The fourth-order valence-corrected chi connectivity index (χ4v) is 4.15. The van der Waals surface area contributed by atoms with Crippen molar-refractivity contribution < 1.29 is 0 Å². The highest BCUT2D eigenvalue weighted by molar-refractivity contribution is 9.10. The van der Waals surface area contributed by atoms with Crippen molar-refractivity contribution in [3.05, 3.63) is 80.6 Å². The number of rotatable bonds is 3. The molecule has 7 heteroatoms. The molecule has 0 aliphatic carbocycles. The van der Waals surface area contributed by atoms with E-state index in [-0.39, 0.29) is 5.56 Å². The molecular formula is C21H18BrN5O. The highest BCUT2D eigenvalue weighted by Crippen LogP contribution is 2.25. The van der Waals surface area contributed by atoms with E-state index in [0.29, 0.717) is 12.4 Å². The summed E-state index contributed by atoms with van der Waals surface area (Å²) in [6, 6.07) is 9.98. The molecule has 0 bridgehead atoms. The van der Waals surface area contributed by atoms with E-state index >= 15 is 0 Å². The molecule has 0 atom stereocenters. The Labute approximate surface area is 169 Å². The molecule has 4 heterocycles. The number of hydrogen-bond acceptors (Lipinski definition) is 4. The van der Waals surface area contributed by atoms with Gasteiger partial charge in [-0.05, 0) is 29.8 Å². The second kappa shape index (κ2) is 7.00. The highest BCUT2D eigenvalue weighted by Gasteiger charge is 2.22. The summed E-state index contributed by atoms with van der Waals surface area (Å²) >= 11 is 3.51. The molecule has 5 rings (SSSR count). The molecular weight excluding hydrogens is 418 g/mol. The summed E-state index contributed by atoms with van der Waals surface area (Å²) in [4.78, 5) is 30.0. The number of hydrogen-bond donors (Lipinski definition) is 2. The van der Waals surface area contributed by atoms with Gasteiger partial charge in [-0.3, -0.25) is 14.7 Å². The van der Waals surface area contributed by atoms with Crippen molar-refractivity contribution >= 4 is 26.8 Å². The van der Waals surface area contributed by atoms with Gasteiger partial charge in [0, 0.05) is 65.6 Å². The average Bonchev–Trinajstić information content (AvgIpc) is 3.10.